The number of carbonyl (C=O) groups is 3. The monoisotopic (exact) mass is 338 g/mol. The lowest BCUT2D eigenvalue weighted by Gasteiger charge is -2.28. The summed E-state index contributed by atoms with van der Waals surface area (Å²) in [6.45, 7) is -0.331. The van der Waals surface area contributed by atoms with Gasteiger partial charge in [0.15, 0.2) is 6.04 Å². The number of para-hydroxylation sites is 1. The number of carbonyl (C=O) groups excluding carboxylic acids is 3. The van der Waals surface area contributed by atoms with Crippen LogP contribution in [-0.2, 0) is 19.1 Å². The van der Waals surface area contributed by atoms with Gasteiger partial charge in [-0.05, 0) is 12.1 Å². The molecular formula is C15H18N2O5S. The summed E-state index contributed by atoms with van der Waals surface area (Å²) in [5, 5.41) is 11.5. The number of nitrogens with one attached hydrogen (secondary N) is 1. The molecule has 1 atom stereocenters. The topological polar surface area (TPSA) is 95.9 Å². The number of ether oxygens (including phenoxy) is 1. The van der Waals surface area contributed by atoms with E-state index in [1.165, 1.54) is 18.9 Å². The summed E-state index contributed by atoms with van der Waals surface area (Å²) in [7, 11) is 1.18. The van der Waals surface area contributed by atoms with Gasteiger partial charge in [-0.25, -0.2) is 4.79 Å². The molecule has 2 N–H and O–H groups in total. The van der Waals surface area contributed by atoms with Crippen LogP contribution in [0.4, 0.5) is 5.69 Å². The summed E-state index contributed by atoms with van der Waals surface area (Å²) in [5.41, 5.74) is 0.785. The van der Waals surface area contributed by atoms with Gasteiger partial charge >= 0.3 is 5.97 Å². The lowest BCUT2D eigenvalue weighted by Crippen LogP contribution is -2.45. The number of esters is 1. The van der Waals surface area contributed by atoms with Crippen molar-refractivity contribution in [2.24, 2.45) is 0 Å². The average Bonchev–Trinajstić information content (AvgIpc) is 2.58. The smallest absolute Gasteiger partial charge is 0.330 e. The second kappa shape index (κ2) is 7.98. The van der Waals surface area contributed by atoms with Crippen molar-refractivity contribution in [1.82, 2.24) is 5.32 Å². The van der Waals surface area contributed by atoms with Gasteiger partial charge in [-0.15, -0.1) is 11.8 Å². The van der Waals surface area contributed by atoms with Crippen molar-refractivity contribution in [1.29, 1.82) is 0 Å². The molecule has 0 aliphatic carbocycles. The number of fused-ring (bicyclic) bond motifs is 1. The number of aliphatic hydroxyl groups is 1. The lowest BCUT2D eigenvalue weighted by molar-refractivity contribution is -0.146. The first-order valence-electron chi connectivity index (χ1n) is 7.07. The van der Waals surface area contributed by atoms with Crippen LogP contribution in [-0.4, -0.2) is 54.9 Å². The van der Waals surface area contributed by atoms with E-state index < -0.39 is 24.5 Å². The summed E-state index contributed by atoms with van der Waals surface area (Å²) in [4.78, 5) is 37.9. The zero-order valence-corrected chi connectivity index (χ0v) is 13.5. The van der Waals surface area contributed by atoms with E-state index in [9.17, 15) is 14.4 Å². The Morgan fingerprint density at radius 3 is 2.87 bits per heavy atom. The number of benzene rings is 1. The highest BCUT2D eigenvalue weighted by Gasteiger charge is 2.26. The van der Waals surface area contributed by atoms with Crippen LogP contribution in [0.5, 0.6) is 0 Å². The largest absolute Gasteiger partial charge is 0.467 e. The third-order valence-electron chi connectivity index (χ3n) is 3.37. The van der Waals surface area contributed by atoms with Gasteiger partial charge in [0.05, 0.1) is 25.2 Å². The zero-order valence-electron chi connectivity index (χ0n) is 12.7. The molecule has 0 aromatic heterocycles. The molecular weight excluding hydrogens is 320 g/mol. The molecule has 0 bridgehead atoms. The molecule has 0 saturated carbocycles. The van der Waals surface area contributed by atoms with E-state index in [2.05, 4.69) is 10.1 Å². The van der Waals surface area contributed by atoms with Crippen LogP contribution in [0.3, 0.4) is 0 Å². The van der Waals surface area contributed by atoms with E-state index in [-0.39, 0.29) is 18.9 Å². The summed E-state index contributed by atoms with van der Waals surface area (Å²) < 4.78 is 4.48. The normalized spacial score (nSPS) is 14.9. The minimum absolute atomic E-state index is 0.0260. The molecule has 1 aromatic carbocycles. The zero-order chi connectivity index (χ0) is 16.8. The first kappa shape index (κ1) is 17.3. The van der Waals surface area contributed by atoms with E-state index in [4.69, 9.17) is 5.11 Å². The molecule has 0 fully saturated rings. The average molecular weight is 338 g/mol. The van der Waals surface area contributed by atoms with Crippen LogP contribution >= 0.6 is 11.8 Å². The molecule has 2 amide bonds. The van der Waals surface area contributed by atoms with Crippen molar-refractivity contribution in [2.45, 2.75) is 17.4 Å². The van der Waals surface area contributed by atoms with Gasteiger partial charge in [-0.3, -0.25) is 9.59 Å². The van der Waals surface area contributed by atoms with E-state index >= 15 is 0 Å². The Morgan fingerprint density at radius 1 is 1.43 bits per heavy atom. The first-order chi connectivity index (χ1) is 11.1. The quantitative estimate of drug-likeness (QED) is 0.718. The van der Waals surface area contributed by atoms with Gasteiger partial charge in [-0.2, -0.15) is 0 Å². The highest BCUT2D eigenvalue weighted by atomic mass is 32.2. The number of nitrogens with zero attached hydrogens (tertiary/aromatic N) is 1. The Hall–Kier alpha value is -2.06. The Balaban J connectivity index is 1.96. The summed E-state index contributed by atoms with van der Waals surface area (Å²) >= 11 is 1.47. The molecule has 1 heterocycles. The van der Waals surface area contributed by atoms with Crippen LogP contribution < -0.4 is 10.2 Å². The maximum Gasteiger partial charge on any atom is 0.330 e. The number of amides is 2. The number of hydrogen-bond acceptors (Lipinski definition) is 6. The molecule has 1 aliphatic heterocycles. The SMILES string of the molecule is COC(=O)[C@H](CO)NC(=O)CCN1C(=O)CSc2ccccc21. The fourth-order valence-corrected chi connectivity index (χ4v) is 3.14. The fraction of sp³-hybridized carbons (Fsp3) is 0.400. The molecule has 0 unspecified atom stereocenters. The highest BCUT2D eigenvalue weighted by Crippen LogP contribution is 2.34. The molecule has 7 nitrogen and oxygen atoms in total. The Bertz CT molecular complexity index is 607. The highest BCUT2D eigenvalue weighted by molar-refractivity contribution is 8.00. The Kier molecular flexibility index (Phi) is 6.00. The first-order valence-corrected chi connectivity index (χ1v) is 8.05. The van der Waals surface area contributed by atoms with Crippen LogP contribution in [0, 0.1) is 0 Å². The molecule has 124 valence electrons. The predicted octanol–water partition coefficient (Wildman–Crippen LogP) is 0.166. The summed E-state index contributed by atoms with van der Waals surface area (Å²) in [6, 6.07) is 6.41. The maximum absolute atomic E-state index is 12.1. The van der Waals surface area contributed by atoms with Crippen LogP contribution in [0.2, 0.25) is 0 Å². The van der Waals surface area contributed by atoms with Gasteiger partial charge < -0.3 is 20.1 Å². The van der Waals surface area contributed by atoms with Gasteiger partial charge in [0.2, 0.25) is 11.8 Å². The van der Waals surface area contributed by atoms with Crippen molar-refractivity contribution in [3.63, 3.8) is 0 Å². The molecule has 8 heteroatoms. The lowest BCUT2D eigenvalue weighted by atomic mass is 10.2. The van der Waals surface area contributed by atoms with Gasteiger partial charge in [0, 0.05) is 17.9 Å². The molecule has 0 radical (unpaired) electrons. The number of rotatable bonds is 6. The second-order valence-corrected chi connectivity index (χ2v) is 5.89. The summed E-state index contributed by atoms with van der Waals surface area (Å²) in [6.07, 6.45) is 0.0260. The summed E-state index contributed by atoms with van der Waals surface area (Å²) in [5.74, 6) is -0.872. The minimum atomic E-state index is -1.09. The number of aliphatic hydroxyl groups excluding tert-OH is 1. The van der Waals surface area contributed by atoms with Crippen LogP contribution in [0.15, 0.2) is 29.2 Å². The van der Waals surface area contributed by atoms with Crippen molar-refractivity contribution in [2.75, 3.05) is 30.9 Å². The number of thioether (sulfide) groups is 1. The molecule has 2 rings (SSSR count). The van der Waals surface area contributed by atoms with E-state index in [0.29, 0.717) is 5.75 Å². The Labute approximate surface area is 138 Å². The third-order valence-corrected chi connectivity index (χ3v) is 4.42. The van der Waals surface area contributed by atoms with Gasteiger partial charge in [0.25, 0.3) is 0 Å². The number of hydrogen-bond donors (Lipinski definition) is 2. The van der Waals surface area contributed by atoms with Crippen molar-refractivity contribution in [3.8, 4) is 0 Å². The minimum Gasteiger partial charge on any atom is -0.467 e. The Morgan fingerprint density at radius 2 is 2.17 bits per heavy atom. The predicted molar refractivity (Wildman–Crippen MR) is 85.2 cm³/mol. The van der Waals surface area contributed by atoms with Gasteiger partial charge in [-0.1, -0.05) is 12.1 Å². The van der Waals surface area contributed by atoms with Gasteiger partial charge in [0.1, 0.15) is 0 Å². The second-order valence-electron chi connectivity index (χ2n) is 4.88. The molecule has 1 aliphatic rings. The number of methoxy groups -OCH3 is 1. The molecule has 1 aromatic rings. The standard InChI is InChI=1S/C15H18N2O5S/c1-22-15(21)10(8-18)16-13(19)6-7-17-11-4-2-3-5-12(11)23-9-14(17)20/h2-5,10,18H,6-9H2,1H3,(H,16,19)/t10-/m0/s1. The maximum atomic E-state index is 12.1. The van der Waals surface area contributed by atoms with Crippen LogP contribution in [0.1, 0.15) is 6.42 Å². The van der Waals surface area contributed by atoms with E-state index in [1.807, 2.05) is 24.3 Å². The molecule has 0 saturated heterocycles. The number of anilines is 1. The fourth-order valence-electron chi connectivity index (χ4n) is 2.20. The van der Waals surface area contributed by atoms with Crippen molar-refractivity contribution < 1.29 is 24.2 Å². The molecule has 23 heavy (non-hydrogen) atoms. The van der Waals surface area contributed by atoms with E-state index in [1.54, 1.807) is 4.90 Å². The van der Waals surface area contributed by atoms with Crippen LogP contribution in [0.25, 0.3) is 0 Å². The van der Waals surface area contributed by atoms with Crippen molar-refractivity contribution >= 4 is 35.2 Å². The molecule has 0 spiro atoms. The van der Waals surface area contributed by atoms with Crippen molar-refractivity contribution in [3.05, 3.63) is 24.3 Å². The third kappa shape index (κ3) is 4.23. The van der Waals surface area contributed by atoms with E-state index in [0.717, 1.165) is 10.6 Å².